The molecule has 2 aromatic carbocycles. The van der Waals surface area contributed by atoms with Gasteiger partial charge in [0.05, 0.1) is 18.5 Å². The van der Waals surface area contributed by atoms with Crippen LogP contribution in [0.2, 0.25) is 0 Å². The lowest BCUT2D eigenvalue weighted by Gasteiger charge is -2.28. The average molecular weight is 368 g/mol. The number of hydrogen-bond donors (Lipinski definition) is 1. The topological polar surface area (TPSA) is 84.9 Å². The molecule has 0 unspecified atom stereocenters. The highest BCUT2D eigenvalue weighted by Crippen LogP contribution is 2.28. The lowest BCUT2D eigenvalue weighted by Crippen LogP contribution is -2.44. The fraction of sp³-hybridized carbons (Fsp3) is 0.250. The van der Waals surface area contributed by atoms with E-state index >= 15 is 0 Å². The van der Waals surface area contributed by atoms with Crippen molar-refractivity contribution in [2.24, 2.45) is 0 Å². The number of methoxy groups -OCH3 is 1. The highest BCUT2D eigenvalue weighted by Gasteiger charge is 2.27. The summed E-state index contributed by atoms with van der Waals surface area (Å²) in [6.07, 6.45) is 0.669. The first-order valence-corrected chi connectivity index (χ1v) is 8.54. The van der Waals surface area contributed by atoms with E-state index in [0.717, 1.165) is 11.3 Å². The van der Waals surface area contributed by atoms with Gasteiger partial charge in [0.1, 0.15) is 12.3 Å². The largest absolute Gasteiger partial charge is 0.497 e. The Morgan fingerprint density at radius 3 is 2.59 bits per heavy atom. The summed E-state index contributed by atoms with van der Waals surface area (Å²) in [5.41, 5.74) is 2.13. The summed E-state index contributed by atoms with van der Waals surface area (Å²) in [4.78, 5) is 37.4. The van der Waals surface area contributed by atoms with Gasteiger partial charge < -0.3 is 14.8 Å². The molecule has 1 N–H and O–H groups in total. The number of esters is 1. The molecule has 0 aliphatic carbocycles. The number of amides is 2. The zero-order chi connectivity index (χ0) is 19.2. The number of aryl methyl sites for hydroxylation is 1. The third-order valence-corrected chi connectivity index (χ3v) is 4.21. The van der Waals surface area contributed by atoms with Gasteiger partial charge in [-0.25, -0.2) is 0 Å². The van der Waals surface area contributed by atoms with Gasteiger partial charge in [0.15, 0.2) is 6.61 Å². The van der Waals surface area contributed by atoms with Crippen LogP contribution in [0.1, 0.15) is 12.0 Å². The summed E-state index contributed by atoms with van der Waals surface area (Å²) in [6, 6.07) is 14.4. The van der Waals surface area contributed by atoms with Crippen molar-refractivity contribution in [2.45, 2.75) is 12.8 Å². The van der Waals surface area contributed by atoms with Crippen LogP contribution >= 0.6 is 0 Å². The van der Waals surface area contributed by atoms with Crippen LogP contribution < -0.4 is 15.0 Å². The van der Waals surface area contributed by atoms with Gasteiger partial charge in [-0.15, -0.1) is 0 Å². The first-order valence-electron chi connectivity index (χ1n) is 8.54. The van der Waals surface area contributed by atoms with Crippen molar-refractivity contribution in [1.29, 1.82) is 0 Å². The van der Waals surface area contributed by atoms with Crippen molar-refractivity contribution in [3.8, 4) is 5.75 Å². The summed E-state index contributed by atoms with van der Waals surface area (Å²) in [6.45, 7) is -0.498. The molecule has 0 aromatic heterocycles. The maximum absolute atomic E-state index is 12.4. The van der Waals surface area contributed by atoms with Crippen LogP contribution in [0.15, 0.2) is 48.5 Å². The van der Waals surface area contributed by atoms with E-state index in [0.29, 0.717) is 17.8 Å². The number of fused-ring (bicyclic) bond motifs is 1. The van der Waals surface area contributed by atoms with E-state index in [-0.39, 0.29) is 18.9 Å². The molecular weight excluding hydrogens is 348 g/mol. The molecule has 7 nitrogen and oxygen atoms in total. The zero-order valence-corrected chi connectivity index (χ0v) is 14.9. The molecule has 0 spiro atoms. The smallest absolute Gasteiger partial charge is 0.306 e. The molecular formula is C20H20N2O5. The molecule has 0 atom stereocenters. The number of benzene rings is 2. The second-order valence-electron chi connectivity index (χ2n) is 6.05. The van der Waals surface area contributed by atoms with E-state index < -0.39 is 18.5 Å². The van der Waals surface area contributed by atoms with Gasteiger partial charge in [0, 0.05) is 6.42 Å². The molecule has 0 radical (unpaired) electrons. The van der Waals surface area contributed by atoms with Gasteiger partial charge in [0.2, 0.25) is 5.91 Å². The van der Waals surface area contributed by atoms with Gasteiger partial charge in [-0.2, -0.15) is 0 Å². The van der Waals surface area contributed by atoms with E-state index in [1.165, 1.54) is 4.90 Å². The van der Waals surface area contributed by atoms with Crippen LogP contribution in [0.25, 0.3) is 0 Å². The van der Waals surface area contributed by atoms with Crippen molar-refractivity contribution < 1.29 is 23.9 Å². The molecule has 2 aromatic rings. The Balaban J connectivity index is 1.51. The number of carbonyl (C=O) groups is 3. The van der Waals surface area contributed by atoms with Crippen molar-refractivity contribution in [2.75, 3.05) is 30.5 Å². The van der Waals surface area contributed by atoms with E-state index in [4.69, 9.17) is 9.47 Å². The number of hydrogen-bond acceptors (Lipinski definition) is 5. The molecule has 2 amide bonds. The molecule has 0 fully saturated rings. The molecule has 3 rings (SSSR count). The Kier molecular flexibility index (Phi) is 5.71. The van der Waals surface area contributed by atoms with Crippen LogP contribution in [0.4, 0.5) is 11.4 Å². The summed E-state index contributed by atoms with van der Waals surface area (Å²) in [7, 11) is 1.59. The molecule has 1 aliphatic rings. The highest BCUT2D eigenvalue weighted by atomic mass is 16.5. The number of ether oxygens (including phenoxy) is 2. The van der Waals surface area contributed by atoms with Gasteiger partial charge in [-0.1, -0.05) is 24.3 Å². The van der Waals surface area contributed by atoms with Crippen molar-refractivity contribution in [3.63, 3.8) is 0 Å². The van der Waals surface area contributed by atoms with Crippen LogP contribution in [-0.4, -0.2) is 38.0 Å². The first kappa shape index (κ1) is 18.4. The normalized spacial score (nSPS) is 12.8. The number of para-hydroxylation sites is 2. The lowest BCUT2D eigenvalue weighted by molar-refractivity contribution is -0.147. The summed E-state index contributed by atoms with van der Waals surface area (Å²) >= 11 is 0. The second-order valence-corrected chi connectivity index (χ2v) is 6.05. The van der Waals surface area contributed by atoms with Crippen molar-refractivity contribution >= 4 is 29.2 Å². The molecule has 0 saturated carbocycles. The Morgan fingerprint density at radius 1 is 1.11 bits per heavy atom. The average Bonchev–Trinajstić information content (AvgIpc) is 2.70. The SMILES string of the molecule is COc1ccc(CCC(=O)OCC(=O)N2CC(=O)Nc3ccccc32)cc1. The van der Waals surface area contributed by atoms with Gasteiger partial charge in [0.25, 0.3) is 5.91 Å². The number of nitrogens with zero attached hydrogens (tertiary/aromatic N) is 1. The Bertz CT molecular complexity index is 848. The Hall–Kier alpha value is -3.35. The maximum Gasteiger partial charge on any atom is 0.306 e. The van der Waals surface area contributed by atoms with E-state index in [2.05, 4.69) is 5.32 Å². The number of carbonyl (C=O) groups excluding carboxylic acids is 3. The van der Waals surface area contributed by atoms with E-state index in [1.54, 1.807) is 31.4 Å². The fourth-order valence-corrected chi connectivity index (χ4v) is 2.79. The standard InChI is InChI=1S/C20H20N2O5/c1-26-15-9-6-14(7-10-15)8-11-20(25)27-13-19(24)22-12-18(23)21-16-4-2-3-5-17(16)22/h2-7,9-10H,8,11-13H2,1H3,(H,21,23). The minimum atomic E-state index is -0.464. The molecule has 27 heavy (non-hydrogen) atoms. The Morgan fingerprint density at radius 2 is 1.85 bits per heavy atom. The van der Waals surface area contributed by atoms with Crippen LogP contribution in [0.5, 0.6) is 5.75 Å². The van der Waals surface area contributed by atoms with Gasteiger partial charge >= 0.3 is 5.97 Å². The van der Waals surface area contributed by atoms with Gasteiger partial charge in [-0.3, -0.25) is 19.3 Å². The number of rotatable bonds is 6. The van der Waals surface area contributed by atoms with Crippen molar-refractivity contribution in [3.05, 3.63) is 54.1 Å². The van der Waals surface area contributed by atoms with Crippen LogP contribution in [0.3, 0.4) is 0 Å². The van der Waals surface area contributed by atoms with Crippen LogP contribution in [0, 0.1) is 0 Å². The van der Waals surface area contributed by atoms with E-state index in [1.807, 2.05) is 24.3 Å². The number of anilines is 2. The molecule has 1 heterocycles. The third-order valence-electron chi connectivity index (χ3n) is 4.21. The monoisotopic (exact) mass is 368 g/mol. The summed E-state index contributed by atoms with van der Waals surface area (Å²) < 4.78 is 10.2. The molecule has 1 aliphatic heterocycles. The molecule has 0 bridgehead atoms. The predicted octanol–water partition coefficient (Wildman–Crippen LogP) is 2.16. The fourth-order valence-electron chi connectivity index (χ4n) is 2.79. The molecule has 0 saturated heterocycles. The van der Waals surface area contributed by atoms with Gasteiger partial charge in [-0.05, 0) is 36.2 Å². The summed E-state index contributed by atoms with van der Waals surface area (Å²) in [5, 5.41) is 2.71. The minimum absolute atomic E-state index is 0.0980. The third kappa shape index (κ3) is 4.63. The minimum Gasteiger partial charge on any atom is -0.497 e. The molecule has 7 heteroatoms. The first-order chi connectivity index (χ1) is 13.1. The van der Waals surface area contributed by atoms with Crippen LogP contribution in [-0.2, 0) is 25.5 Å². The quantitative estimate of drug-likeness (QED) is 0.790. The molecule has 140 valence electrons. The maximum atomic E-state index is 12.4. The highest BCUT2D eigenvalue weighted by molar-refractivity contribution is 6.10. The Labute approximate surface area is 156 Å². The zero-order valence-electron chi connectivity index (χ0n) is 14.9. The predicted molar refractivity (Wildman–Crippen MR) is 99.7 cm³/mol. The number of nitrogens with one attached hydrogen (secondary N) is 1. The lowest BCUT2D eigenvalue weighted by atomic mass is 10.1. The second kappa shape index (κ2) is 8.35. The van der Waals surface area contributed by atoms with Crippen molar-refractivity contribution in [1.82, 2.24) is 0 Å². The van der Waals surface area contributed by atoms with E-state index in [9.17, 15) is 14.4 Å². The summed E-state index contributed by atoms with van der Waals surface area (Å²) in [5.74, 6) is -0.435.